The summed E-state index contributed by atoms with van der Waals surface area (Å²) in [6, 6.07) is 14.9. The standard InChI is InChI=1S/C30H33Cl2N3O6/c1-3-4-5-6-16-34(2)21-12-15-28(35(39)40)23(18-21)29(36)33-27(30(37)38)17-20-10-13-22(14-11-20)41-19-24-25(31)8-7-9-26(24)32/h7-15,18,27H,3-6,16-17,19H2,1-2H3,(H,33,36)(H,37,38). The number of nitro groups is 1. The van der Waals surface area contributed by atoms with Crippen molar-refractivity contribution in [3.63, 3.8) is 0 Å². The highest BCUT2D eigenvalue weighted by atomic mass is 35.5. The van der Waals surface area contributed by atoms with Gasteiger partial charge in [-0.2, -0.15) is 0 Å². The van der Waals surface area contributed by atoms with Crippen LogP contribution in [0, 0.1) is 10.1 Å². The van der Waals surface area contributed by atoms with Crippen molar-refractivity contribution in [3.05, 3.63) is 97.5 Å². The Morgan fingerprint density at radius 2 is 1.73 bits per heavy atom. The molecule has 0 aromatic heterocycles. The molecule has 1 unspecified atom stereocenters. The molecule has 2 N–H and O–H groups in total. The van der Waals surface area contributed by atoms with E-state index in [-0.39, 0.29) is 18.6 Å². The maximum atomic E-state index is 13.1. The first-order valence-electron chi connectivity index (χ1n) is 13.3. The number of carboxylic acids is 1. The number of carbonyl (C=O) groups excluding carboxylic acids is 1. The Bertz CT molecular complexity index is 1350. The molecule has 0 spiro atoms. The normalized spacial score (nSPS) is 11.5. The van der Waals surface area contributed by atoms with Crippen LogP contribution in [0.3, 0.4) is 0 Å². The van der Waals surface area contributed by atoms with Gasteiger partial charge < -0.3 is 20.1 Å². The third-order valence-electron chi connectivity index (χ3n) is 6.62. The highest BCUT2D eigenvalue weighted by Crippen LogP contribution is 2.27. The zero-order chi connectivity index (χ0) is 29.9. The number of rotatable bonds is 15. The van der Waals surface area contributed by atoms with E-state index in [2.05, 4.69) is 12.2 Å². The summed E-state index contributed by atoms with van der Waals surface area (Å²) < 4.78 is 5.76. The van der Waals surface area contributed by atoms with Crippen molar-refractivity contribution in [3.8, 4) is 5.75 Å². The third-order valence-corrected chi connectivity index (χ3v) is 7.33. The first-order valence-corrected chi connectivity index (χ1v) is 14.0. The van der Waals surface area contributed by atoms with Crippen LogP contribution in [0.2, 0.25) is 10.0 Å². The second-order valence-corrected chi connectivity index (χ2v) is 10.5. The molecular weight excluding hydrogens is 569 g/mol. The van der Waals surface area contributed by atoms with E-state index in [1.165, 1.54) is 12.1 Å². The van der Waals surface area contributed by atoms with Crippen LogP contribution in [0.5, 0.6) is 5.75 Å². The molecule has 9 nitrogen and oxygen atoms in total. The van der Waals surface area contributed by atoms with Crippen LogP contribution in [0.1, 0.15) is 54.1 Å². The molecule has 0 bridgehead atoms. The monoisotopic (exact) mass is 601 g/mol. The topological polar surface area (TPSA) is 122 Å². The number of carboxylic acid groups (broad SMARTS) is 1. The Morgan fingerprint density at radius 1 is 1.05 bits per heavy atom. The molecule has 0 heterocycles. The SMILES string of the molecule is CCCCCCN(C)c1ccc([N+](=O)[O-])c(C(=O)NC(Cc2ccc(OCc3c(Cl)cccc3Cl)cc2)C(=O)O)c1. The molecule has 0 aliphatic rings. The number of anilines is 1. The summed E-state index contributed by atoms with van der Waals surface area (Å²) in [6.45, 7) is 3.00. The Hall–Kier alpha value is -3.82. The quantitative estimate of drug-likeness (QED) is 0.110. The number of benzene rings is 3. The van der Waals surface area contributed by atoms with Gasteiger partial charge >= 0.3 is 5.97 Å². The molecule has 0 radical (unpaired) electrons. The second-order valence-electron chi connectivity index (χ2n) is 9.64. The maximum absolute atomic E-state index is 13.1. The average Bonchev–Trinajstić information content (AvgIpc) is 2.95. The molecule has 0 aliphatic heterocycles. The van der Waals surface area contributed by atoms with Crippen LogP contribution in [0.15, 0.2) is 60.7 Å². The summed E-state index contributed by atoms with van der Waals surface area (Å²) >= 11 is 12.4. The minimum absolute atomic E-state index is 0.0392. The highest BCUT2D eigenvalue weighted by molar-refractivity contribution is 6.35. The largest absolute Gasteiger partial charge is 0.489 e. The van der Waals surface area contributed by atoms with Crippen LogP contribution in [-0.2, 0) is 17.8 Å². The second kappa shape index (κ2) is 15.3. The zero-order valence-corrected chi connectivity index (χ0v) is 24.5. The summed E-state index contributed by atoms with van der Waals surface area (Å²) in [6.07, 6.45) is 4.19. The molecule has 41 heavy (non-hydrogen) atoms. The summed E-state index contributed by atoms with van der Waals surface area (Å²) in [5, 5.41) is 24.9. The number of aliphatic carboxylic acids is 1. The lowest BCUT2D eigenvalue weighted by Crippen LogP contribution is -2.42. The lowest BCUT2D eigenvalue weighted by atomic mass is 10.0. The Balaban J connectivity index is 1.69. The number of halogens is 2. The van der Waals surface area contributed by atoms with Gasteiger partial charge in [0, 0.05) is 47.4 Å². The smallest absolute Gasteiger partial charge is 0.326 e. The minimum atomic E-state index is -1.31. The Labute approximate surface area is 249 Å². The van der Waals surface area contributed by atoms with E-state index < -0.39 is 28.5 Å². The van der Waals surface area contributed by atoms with Gasteiger partial charge in [-0.25, -0.2) is 4.79 Å². The van der Waals surface area contributed by atoms with Crippen LogP contribution in [0.25, 0.3) is 0 Å². The predicted octanol–water partition coefficient (Wildman–Crippen LogP) is 6.92. The molecule has 1 atom stereocenters. The van der Waals surface area contributed by atoms with Crippen LogP contribution in [0.4, 0.5) is 11.4 Å². The summed E-state index contributed by atoms with van der Waals surface area (Å²) in [4.78, 5) is 38.1. The van der Waals surface area contributed by atoms with Crippen molar-refractivity contribution in [1.82, 2.24) is 5.32 Å². The predicted molar refractivity (Wildman–Crippen MR) is 160 cm³/mol. The lowest BCUT2D eigenvalue weighted by molar-refractivity contribution is -0.385. The van der Waals surface area contributed by atoms with Crippen LogP contribution in [-0.4, -0.2) is 41.5 Å². The summed E-state index contributed by atoms with van der Waals surface area (Å²) in [5.41, 5.74) is 1.32. The van der Waals surface area contributed by atoms with E-state index in [1.54, 1.807) is 48.5 Å². The molecule has 0 fully saturated rings. The van der Waals surface area contributed by atoms with E-state index in [9.17, 15) is 24.8 Å². The van der Waals surface area contributed by atoms with Gasteiger partial charge in [0.15, 0.2) is 0 Å². The van der Waals surface area contributed by atoms with Gasteiger partial charge in [0.25, 0.3) is 11.6 Å². The van der Waals surface area contributed by atoms with Crippen LogP contribution < -0.4 is 15.0 Å². The van der Waals surface area contributed by atoms with E-state index in [4.69, 9.17) is 27.9 Å². The fraction of sp³-hybridized carbons (Fsp3) is 0.333. The first kappa shape index (κ1) is 31.7. The van der Waals surface area contributed by atoms with Crippen molar-refractivity contribution >= 4 is 46.5 Å². The van der Waals surface area contributed by atoms with Crippen molar-refractivity contribution in [1.29, 1.82) is 0 Å². The van der Waals surface area contributed by atoms with Crippen LogP contribution >= 0.6 is 23.2 Å². The van der Waals surface area contributed by atoms with Gasteiger partial charge in [-0.05, 0) is 48.4 Å². The van der Waals surface area contributed by atoms with Gasteiger partial charge in [0.1, 0.15) is 24.0 Å². The van der Waals surface area contributed by atoms with Gasteiger partial charge in [-0.15, -0.1) is 0 Å². The third kappa shape index (κ3) is 9.09. The number of ether oxygens (including phenoxy) is 1. The number of hydrogen-bond acceptors (Lipinski definition) is 6. The summed E-state index contributed by atoms with van der Waals surface area (Å²) in [5.74, 6) is -1.58. The van der Waals surface area contributed by atoms with Gasteiger partial charge in [0.2, 0.25) is 0 Å². The number of nitrogens with zero attached hydrogens (tertiary/aromatic N) is 2. The molecule has 0 aliphatic carbocycles. The lowest BCUT2D eigenvalue weighted by Gasteiger charge is -2.20. The Morgan fingerprint density at radius 3 is 2.34 bits per heavy atom. The highest BCUT2D eigenvalue weighted by Gasteiger charge is 2.27. The molecule has 218 valence electrons. The molecule has 1 amide bonds. The molecule has 11 heteroatoms. The maximum Gasteiger partial charge on any atom is 0.326 e. The molecule has 3 rings (SSSR count). The summed E-state index contributed by atoms with van der Waals surface area (Å²) in [7, 11) is 1.85. The number of nitrogens with one attached hydrogen (secondary N) is 1. The molecule has 3 aromatic carbocycles. The van der Waals surface area contributed by atoms with E-state index in [0.717, 1.165) is 32.2 Å². The van der Waals surface area contributed by atoms with Gasteiger partial charge in [-0.1, -0.05) is 67.6 Å². The molecule has 0 saturated carbocycles. The molecule has 0 saturated heterocycles. The molecular formula is C30H33Cl2N3O6. The van der Waals surface area contributed by atoms with Gasteiger partial charge in [0.05, 0.1) is 4.92 Å². The first-order chi connectivity index (χ1) is 19.6. The van der Waals surface area contributed by atoms with Crippen molar-refractivity contribution in [2.24, 2.45) is 0 Å². The van der Waals surface area contributed by atoms with E-state index in [0.29, 0.717) is 32.6 Å². The van der Waals surface area contributed by atoms with Gasteiger partial charge in [-0.3, -0.25) is 14.9 Å². The zero-order valence-electron chi connectivity index (χ0n) is 22.9. The van der Waals surface area contributed by atoms with E-state index in [1.807, 2.05) is 11.9 Å². The number of unbranched alkanes of at least 4 members (excludes halogenated alkanes) is 3. The molecule has 3 aromatic rings. The number of nitro benzene ring substituents is 1. The number of amides is 1. The van der Waals surface area contributed by atoms with Crippen molar-refractivity contribution in [2.45, 2.75) is 51.7 Å². The van der Waals surface area contributed by atoms with E-state index >= 15 is 0 Å². The number of hydrogen-bond donors (Lipinski definition) is 2. The fourth-order valence-corrected chi connectivity index (χ4v) is 4.73. The Kier molecular flexibility index (Phi) is 11.8. The minimum Gasteiger partial charge on any atom is -0.489 e. The van der Waals surface area contributed by atoms with Crippen molar-refractivity contribution in [2.75, 3.05) is 18.5 Å². The number of carbonyl (C=O) groups is 2. The fourth-order valence-electron chi connectivity index (χ4n) is 4.23. The van der Waals surface area contributed by atoms with Crippen molar-refractivity contribution < 1.29 is 24.4 Å². The average molecular weight is 603 g/mol.